The van der Waals surface area contributed by atoms with Crippen LogP contribution in [0.15, 0.2) is 29.4 Å². The summed E-state index contributed by atoms with van der Waals surface area (Å²) in [5.74, 6) is 0. The van der Waals surface area contributed by atoms with Gasteiger partial charge in [0.1, 0.15) is 0 Å². The summed E-state index contributed by atoms with van der Waals surface area (Å²) in [4.78, 5) is 6.91. The summed E-state index contributed by atoms with van der Waals surface area (Å²) in [5.41, 5.74) is 1.99. The van der Waals surface area contributed by atoms with Gasteiger partial charge in [0.15, 0.2) is 0 Å². The van der Waals surface area contributed by atoms with Crippen molar-refractivity contribution in [2.45, 2.75) is 12.6 Å². The maximum absolute atomic E-state index is 9.76. The van der Waals surface area contributed by atoms with Crippen LogP contribution < -0.4 is 5.32 Å². The van der Waals surface area contributed by atoms with Gasteiger partial charge in [-0.25, -0.2) is 4.98 Å². The van der Waals surface area contributed by atoms with Crippen molar-refractivity contribution in [2.75, 3.05) is 6.54 Å². The fourth-order valence-corrected chi connectivity index (χ4v) is 2.01. The molecule has 0 radical (unpaired) electrons. The van der Waals surface area contributed by atoms with E-state index in [-0.39, 0.29) is 0 Å². The van der Waals surface area contributed by atoms with Gasteiger partial charge in [0, 0.05) is 25.0 Å². The maximum atomic E-state index is 9.76. The molecule has 0 saturated carbocycles. The average Bonchev–Trinajstić information content (AvgIpc) is 2.90. The van der Waals surface area contributed by atoms with Crippen LogP contribution in [-0.4, -0.2) is 21.6 Å². The van der Waals surface area contributed by atoms with Crippen LogP contribution in [-0.2, 0) is 6.54 Å². The van der Waals surface area contributed by atoms with Crippen molar-refractivity contribution in [3.63, 3.8) is 0 Å². The Labute approximate surface area is 92.0 Å². The van der Waals surface area contributed by atoms with E-state index < -0.39 is 6.10 Å². The van der Waals surface area contributed by atoms with Gasteiger partial charge in [-0.3, -0.25) is 0 Å². The normalized spacial score (nSPS) is 12.9. The number of aromatic nitrogens is 2. The van der Waals surface area contributed by atoms with E-state index in [0.29, 0.717) is 13.1 Å². The Kier molecular flexibility index (Phi) is 3.49. The summed E-state index contributed by atoms with van der Waals surface area (Å²) < 4.78 is 0. The van der Waals surface area contributed by atoms with Gasteiger partial charge in [-0.05, 0) is 22.4 Å². The fraction of sp³-hybridized carbons (Fsp3) is 0.300. The molecule has 0 aliphatic rings. The number of rotatable bonds is 5. The second kappa shape index (κ2) is 5.06. The number of nitrogens with zero attached hydrogens (tertiary/aromatic N) is 1. The van der Waals surface area contributed by atoms with Gasteiger partial charge in [-0.2, -0.15) is 11.3 Å². The third-order valence-corrected chi connectivity index (χ3v) is 2.84. The molecular formula is C10H13N3OS. The third-order valence-electron chi connectivity index (χ3n) is 2.14. The standard InChI is InChI=1S/C10H13N3OS/c14-10(8-1-2-15-6-8)5-11-3-9-4-12-7-13-9/h1-2,4,6-7,10-11,14H,3,5H2,(H,12,13). The zero-order valence-corrected chi connectivity index (χ0v) is 9.00. The number of H-pyrrole nitrogens is 1. The van der Waals surface area contributed by atoms with Crippen molar-refractivity contribution in [1.82, 2.24) is 15.3 Å². The van der Waals surface area contributed by atoms with Gasteiger partial charge in [0.25, 0.3) is 0 Å². The SMILES string of the molecule is OC(CNCc1cnc[nH]1)c1ccsc1. The Hall–Kier alpha value is -1.17. The summed E-state index contributed by atoms with van der Waals surface area (Å²) in [5, 5.41) is 16.8. The number of thiophene rings is 1. The number of aromatic amines is 1. The second-order valence-electron chi connectivity index (χ2n) is 3.28. The quantitative estimate of drug-likeness (QED) is 0.716. The van der Waals surface area contributed by atoms with Crippen LogP contribution in [0.5, 0.6) is 0 Å². The molecule has 5 heteroatoms. The first-order valence-electron chi connectivity index (χ1n) is 4.74. The van der Waals surface area contributed by atoms with Crippen LogP contribution in [0.25, 0.3) is 0 Å². The molecule has 0 saturated heterocycles. The lowest BCUT2D eigenvalue weighted by molar-refractivity contribution is 0.174. The van der Waals surface area contributed by atoms with E-state index in [2.05, 4.69) is 15.3 Å². The molecule has 0 amide bonds. The Morgan fingerprint density at radius 3 is 3.20 bits per heavy atom. The van der Waals surface area contributed by atoms with E-state index in [9.17, 15) is 5.11 Å². The van der Waals surface area contributed by atoms with Crippen LogP contribution in [0, 0.1) is 0 Å². The number of hydrogen-bond acceptors (Lipinski definition) is 4. The first kappa shape index (κ1) is 10.4. The molecule has 2 rings (SSSR count). The lowest BCUT2D eigenvalue weighted by Gasteiger charge is -2.09. The van der Waals surface area contributed by atoms with Gasteiger partial charge < -0.3 is 15.4 Å². The summed E-state index contributed by atoms with van der Waals surface area (Å²) >= 11 is 1.60. The zero-order chi connectivity index (χ0) is 10.5. The molecule has 0 aromatic carbocycles. The van der Waals surface area contributed by atoms with E-state index in [1.165, 1.54) is 0 Å². The summed E-state index contributed by atoms with van der Waals surface area (Å²) in [6, 6.07) is 1.94. The largest absolute Gasteiger partial charge is 0.387 e. The summed E-state index contributed by atoms with van der Waals surface area (Å²) in [6.07, 6.45) is 2.98. The summed E-state index contributed by atoms with van der Waals surface area (Å²) in [7, 11) is 0. The predicted octanol–water partition coefficient (Wildman–Crippen LogP) is 1.29. The Bertz CT molecular complexity index is 371. The molecule has 1 atom stereocenters. The first-order valence-corrected chi connectivity index (χ1v) is 5.68. The molecule has 0 spiro atoms. The number of imidazole rings is 1. The van der Waals surface area contributed by atoms with Gasteiger partial charge >= 0.3 is 0 Å². The van der Waals surface area contributed by atoms with Crippen LogP contribution >= 0.6 is 11.3 Å². The van der Waals surface area contributed by atoms with Crippen LogP contribution in [0.1, 0.15) is 17.4 Å². The fourth-order valence-electron chi connectivity index (χ4n) is 1.31. The van der Waals surface area contributed by atoms with E-state index in [1.54, 1.807) is 23.9 Å². The number of nitrogens with one attached hydrogen (secondary N) is 2. The first-order chi connectivity index (χ1) is 7.36. The maximum Gasteiger partial charge on any atom is 0.0922 e. The molecule has 0 bridgehead atoms. The number of hydrogen-bond donors (Lipinski definition) is 3. The molecule has 3 N–H and O–H groups in total. The number of aliphatic hydroxyl groups excluding tert-OH is 1. The summed E-state index contributed by atoms with van der Waals surface area (Å²) in [6.45, 7) is 1.25. The smallest absolute Gasteiger partial charge is 0.0922 e. The highest BCUT2D eigenvalue weighted by molar-refractivity contribution is 7.07. The van der Waals surface area contributed by atoms with Crippen molar-refractivity contribution < 1.29 is 5.11 Å². The molecule has 0 fully saturated rings. The second-order valence-corrected chi connectivity index (χ2v) is 4.06. The Morgan fingerprint density at radius 2 is 2.53 bits per heavy atom. The molecule has 15 heavy (non-hydrogen) atoms. The minimum atomic E-state index is -0.431. The molecule has 0 aliphatic heterocycles. The van der Waals surface area contributed by atoms with Gasteiger partial charge in [-0.1, -0.05) is 0 Å². The van der Waals surface area contributed by atoms with E-state index >= 15 is 0 Å². The highest BCUT2D eigenvalue weighted by Gasteiger charge is 2.06. The Balaban J connectivity index is 1.74. The van der Waals surface area contributed by atoms with Gasteiger partial charge in [0.05, 0.1) is 12.4 Å². The van der Waals surface area contributed by atoms with E-state index in [4.69, 9.17) is 0 Å². The molecule has 1 unspecified atom stereocenters. The molecular weight excluding hydrogens is 210 g/mol. The monoisotopic (exact) mass is 223 g/mol. The molecule has 0 aliphatic carbocycles. The van der Waals surface area contributed by atoms with Gasteiger partial charge in [0.2, 0.25) is 0 Å². The van der Waals surface area contributed by atoms with Crippen molar-refractivity contribution in [3.8, 4) is 0 Å². The number of aliphatic hydroxyl groups is 1. The zero-order valence-electron chi connectivity index (χ0n) is 8.18. The van der Waals surface area contributed by atoms with Crippen LogP contribution in [0.3, 0.4) is 0 Å². The minimum absolute atomic E-state index is 0.431. The van der Waals surface area contributed by atoms with E-state index in [0.717, 1.165) is 11.3 Å². The van der Waals surface area contributed by atoms with Crippen molar-refractivity contribution >= 4 is 11.3 Å². The topological polar surface area (TPSA) is 60.9 Å². The molecule has 2 heterocycles. The third kappa shape index (κ3) is 2.89. The van der Waals surface area contributed by atoms with Crippen molar-refractivity contribution in [1.29, 1.82) is 0 Å². The predicted molar refractivity (Wildman–Crippen MR) is 59.6 cm³/mol. The van der Waals surface area contributed by atoms with Crippen LogP contribution in [0.2, 0.25) is 0 Å². The minimum Gasteiger partial charge on any atom is -0.387 e. The van der Waals surface area contributed by atoms with Crippen LogP contribution in [0.4, 0.5) is 0 Å². The molecule has 2 aromatic rings. The van der Waals surface area contributed by atoms with E-state index in [1.807, 2.05) is 16.8 Å². The molecule has 80 valence electrons. The molecule has 4 nitrogen and oxygen atoms in total. The Morgan fingerprint density at radius 1 is 1.60 bits per heavy atom. The van der Waals surface area contributed by atoms with Crippen molar-refractivity contribution in [3.05, 3.63) is 40.6 Å². The average molecular weight is 223 g/mol. The highest BCUT2D eigenvalue weighted by atomic mass is 32.1. The lowest BCUT2D eigenvalue weighted by atomic mass is 10.2. The molecule has 2 aromatic heterocycles. The van der Waals surface area contributed by atoms with Crippen molar-refractivity contribution in [2.24, 2.45) is 0 Å². The highest BCUT2D eigenvalue weighted by Crippen LogP contribution is 2.14. The lowest BCUT2D eigenvalue weighted by Crippen LogP contribution is -2.20. The van der Waals surface area contributed by atoms with Gasteiger partial charge in [-0.15, -0.1) is 0 Å².